The van der Waals surface area contributed by atoms with Crippen molar-refractivity contribution in [3.8, 4) is 0 Å². The molecule has 0 aliphatic rings. The summed E-state index contributed by atoms with van der Waals surface area (Å²) in [4.78, 5) is 23.3. The molecule has 0 saturated carbocycles. The lowest BCUT2D eigenvalue weighted by atomic mass is 9.91. The third-order valence-corrected chi connectivity index (χ3v) is 4.09. The zero-order valence-electron chi connectivity index (χ0n) is 15.0. The second kappa shape index (κ2) is 10.9. The van der Waals surface area contributed by atoms with Crippen molar-refractivity contribution in [1.29, 1.82) is 0 Å². The minimum absolute atomic E-state index is 0.147. The molecule has 0 bridgehead atoms. The Morgan fingerprint density at radius 1 is 1.00 bits per heavy atom. The Labute approximate surface area is 154 Å². The van der Waals surface area contributed by atoms with Gasteiger partial charge in [-0.2, -0.15) is 0 Å². The normalized spacial score (nSPS) is 11.9. The zero-order valence-corrected chi connectivity index (χ0v) is 15.0. The van der Waals surface area contributed by atoms with Gasteiger partial charge in [0.25, 0.3) is 0 Å². The summed E-state index contributed by atoms with van der Waals surface area (Å²) in [5, 5.41) is 0. The molecule has 1 atom stereocenters. The summed E-state index contributed by atoms with van der Waals surface area (Å²) in [6.07, 6.45) is 4.93. The highest BCUT2D eigenvalue weighted by atomic mass is 16.5. The predicted molar refractivity (Wildman–Crippen MR) is 100 cm³/mol. The maximum atomic E-state index is 11.9. The molecule has 0 spiro atoms. The monoisotopic (exact) mass is 352 g/mol. The summed E-state index contributed by atoms with van der Waals surface area (Å²) < 4.78 is 9.95. The van der Waals surface area contributed by atoms with Crippen molar-refractivity contribution in [3.05, 3.63) is 83.9 Å². The molecule has 0 aliphatic heterocycles. The minimum atomic E-state index is -0.367. The Bertz CT molecular complexity index is 707. The smallest absolute Gasteiger partial charge is 0.330 e. The standard InChI is InChI=1S/C22H24O4/c1-25-21(23)16-15-20(19-11-6-3-7-12-19)13-8-14-22(24)26-17-18-9-4-2-5-10-18/h2-12,14,20H,13,15-17H2,1H3/b14-8+. The van der Waals surface area contributed by atoms with Gasteiger partial charge in [0.1, 0.15) is 6.61 Å². The van der Waals surface area contributed by atoms with Gasteiger partial charge in [-0.25, -0.2) is 4.79 Å². The summed E-state index contributed by atoms with van der Waals surface area (Å²) in [5.74, 6) is -0.445. The first-order chi connectivity index (χ1) is 12.7. The van der Waals surface area contributed by atoms with Gasteiger partial charge in [0.05, 0.1) is 7.11 Å². The molecule has 0 aliphatic carbocycles. The van der Waals surface area contributed by atoms with E-state index < -0.39 is 0 Å². The largest absolute Gasteiger partial charge is 0.469 e. The van der Waals surface area contributed by atoms with Gasteiger partial charge in [-0.15, -0.1) is 0 Å². The van der Waals surface area contributed by atoms with Crippen LogP contribution in [-0.2, 0) is 25.7 Å². The quantitative estimate of drug-likeness (QED) is 0.495. The molecular formula is C22H24O4. The number of carbonyl (C=O) groups excluding carboxylic acids is 2. The summed E-state index contributed by atoms with van der Waals surface area (Å²) in [5.41, 5.74) is 2.09. The van der Waals surface area contributed by atoms with Gasteiger partial charge in [0.15, 0.2) is 0 Å². The van der Waals surface area contributed by atoms with Crippen molar-refractivity contribution in [2.45, 2.75) is 31.8 Å². The van der Waals surface area contributed by atoms with Crippen molar-refractivity contribution < 1.29 is 19.1 Å². The van der Waals surface area contributed by atoms with Crippen LogP contribution in [-0.4, -0.2) is 19.0 Å². The van der Waals surface area contributed by atoms with Gasteiger partial charge in [0, 0.05) is 12.5 Å². The Morgan fingerprint density at radius 3 is 2.31 bits per heavy atom. The molecule has 2 aromatic carbocycles. The number of benzene rings is 2. The lowest BCUT2D eigenvalue weighted by Gasteiger charge is -2.14. The third-order valence-electron chi connectivity index (χ3n) is 4.09. The van der Waals surface area contributed by atoms with Gasteiger partial charge in [-0.05, 0) is 29.9 Å². The summed E-state index contributed by atoms with van der Waals surface area (Å²) >= 11 is 0. The van der Waals surface area contributed by atoms with Crippen LogP contribution in [0.15, 0.2) is 72.8 Å². The van der Waals surface area contributed by atoms with E-state index in [4.69, 9.17) is 9.47 Å². The molecule has 0 N–H and O–H groups in total. The van der Waals surface area contributed by atoms with E-state index in [1.807, 2.05) is 66.7 Å². The molecule has 1 unspecified atom stereocenters. The number of carbonyl (C=O) groups is 2. The summed E-state index contributed by atoms with van der Waals surface area (Å²) in [7, 11) is 1.39. The lowest BCUT2D eigenvalue weighted by molar-refractivity contribution is -0.141. The van der Waals surface area contributed by atoms with Crippen LogP contribution in [0, 0.1) is 0 Å². The molecule has 0 amide bonds. The van der Waals surface area contributed by atoms with Gasteiger partial charge < -0.3 is 9.47 Å². The van der Waals surface area contributed by atoms with E-state index in [-0.39, 0.29) is 24.5 Å². The van der Waals surface area contributed by atoms with E-state index in [0.29, 0.717) is 19.3 Å². The van der Waals surface area contributed by atoms with E-state index in [1.54, 1.807) is 0 Å². The number of allylic oxidation sites excluding steroid dienone is 1. The number of ether oxygens (including phenoxy) is 2. The lowest BCUT2D eigenvalue weighted by Crippen LogP contribution is -2.05. The number of methoxy groups -OCH3 is 1. The fraction of sp³-hybridized carbons (Fsp3) is 0.273. The van der Waals surface area contributed by atoms with E-state index in [2.05, 4.69) is 0 Å². The molecule has 4 heteroatoms. The highest BCUT2D eigenvalue weighted by Gasteiger charge is 2.13. The first-order valence-electron chi connectivity index (χ1n) is 8.68. The number of rotatable bonds is 9. The molecule has 0 radical (unpaired) electrons. The van der Waals surface area contributed by atoms with E-state index >= 15 is 0 Å². The molecule has 4 nitrogen and oxygen atoms in total. The Kier molecular flexibility index (Phi) is 8.13. The second-order valence-corrected chi connectivity index (χ2v) is 5.95. The maximum absolute atomic E-state index is 11.9. The molecule has 2 aromatic rings. The van der Waals surface area contributed by atoms with Crippen LogP contribution in [0.1, 0.15) is 36.3 Å². The number of esters is 2. The molecule has 0 aromatic heterocycles. The van der Waals surface area contributed by atoms with Crippen LogP contribution in [0.2, 0.25) is 0 Å². The summed E-state index contributed by atoms with van der Waals surface area (Å²) in [6, 6.07) is 19.5. The Morgan fingerprint density at radius 2 is 1.65 bits per heavy atom. The van der Waals surface area contributed by atoms with Gasteiger partial charge in [-0.3, -0.25) is 4.79 Å². The van der Waals surface area contributed by atoms with Crippen LogP contribution in [0.4, 0.5) is 0 Å². The van der Waals surface area contributed by atoms with Crippen molar-refractivity contribution in [1.82, 2.24) is 0 Å². The fourth-order valence-corrected chi connectivity index (χ4v) is 2.65. The van der Waals surface area contributed by atoms with Crippen molar-refractivity contribution in [2.24, 2.45) is 0 Å². The van der Waals surface area contributed by atoms with Crippen LogP contribution in [0.3, 0.4) is 0 Å². The third kappa shape index (κ3) is 6.93. The average molecular weight is 352 g/mol. The molecule has 2 rings (SSSR count). The molecule has 26 heavy (non-hydrogen) atoms. The van der Waals surface area contributed by atoms with Crippen LogP contribution in [0.5, 0.6) is 0 Å². The molecule has 0 fully saturated rings. The van der Waals surface area contributed by atoms with Gasteiger partial charge in [-0.1, -0.05) is 66.7 Å². The number of hydrogen-bond donors (Lipinski definition) is 0. The first kappa shape index (κ1) is 19.4. The van der Waals surface area contributed by atoms with Gasteiger partial charge in [0.2, 0.25) is 0 Å². The zero-order chi connectivity index (χ0) is 18.6. The predicted octanol–water partition coefficient (Wildman–Crippen LogP) is 4.41. The molecule has 0 heterocycles. The van der Waals surface area contributed by atoms with Crippen LogP contribution < -0.4 is 0 Å². The van der Waals surface area contributed by atoms with Crippen LogP contribution >= 0.6 is 0 Å². The second-order valence-electron chi connectivity index (χ2n) is 5.95. The van der Waals surface area contributed by atoms with E-state index in [9.17, 15) is 9.59 Å². The average Bonchev–Trinajstić information content (AvgIpc) is 2.70. The van der Waals surface area contributed by atoms with Gasteiger partial charge >= 0.3 is 11.9 Å². The van der Waals surface area contributed by atoms with Crippen molar-refractivity contribution >= 4 is 11.9 Å². The molecular weight excluding hydrogens is 328 g/mol. The highest BCUT2D eigenvalue weighted by molar-refractivity contribution is 5.81. The topological polar surface area (TPSA) is 52.6 Å². The fourth-order valence-electron chi connectivity index (χ4n) is 2.65. The summed E-state index contributed by atoms with van der Waals surface area (Å²) in [6.45, 7) is 0.258. The first-order valence-corrected chi connectivity index (χ1v) is 8.68. The van der Waals surface area contributed by atoms with E-state index in [0.717, 1.165) is 11.1 Å². The van der Waals surface area contributed by atoms with Crippen LogP contribution in [0.25, 0.3) is 0 Å². The minimum Gasteiger partial charge on any atom is -0.469 e. The Balaban J connectivity index is 1.87. The van der Waals surface area contributed by atoms with E-state index in [1.165, 1.54) is 13.2 Å². The highest BCUT2D eigenvalue weighted by Crippen LogP contribution is 2.25. The molecule has 0 saturated heterocycles. The number of hydrogen-bond acceptors (Lipinski definition) is 4. The van der Waals surface area contributed by atoms with Crippen molar-refractivity contribution in [2.75, 3.05) is 7.11 Å². The SMILES string of the molecule is COC(=O)CCC(C/C=C/C(=O)OCc1ccccc1)c1ccccc1. The molecule has 136 valence electrons. The maximum Gasteiger partial charge on any atom is 0.330 e. The van der Waals surface area contributed by atoms with Crippen molar-refractivity contribution in [3.63, 3.8) is 0 Å². The Hall–Kier alpha value is -2.88.